The molecule has 0 bridgehead atoms. The SMILES string of the molecule is CCOC(=O)C1=C(C)O[C@@](C)(/C=C/c2ccccc2)[C@@H]1c1ccc(C(F)(F)F)cc1. The van der Waals surface area contributed by atoms with Crippen molar-refractivity contribution >= 4 is 12.0 Å². The molecule has 0 aliphatic carbocycles. The van der Waals surface area contributed by atoms with Gasteiger partial charge in [0.15, 0.2) is 0 Å². The van der Waals surface area contributed by atoms with E-state index in [1.165, 1.54) is 12.1 Å². The maximum absolute atomic E-state index is 13.0. The lowest BCUT2D eigenvalue weighted by molar-refractivity contribution is -0.139. The van der Waals surface area contributed by atoms with Crippen molar-refractivity contribution in [2.75, 3.05) is 6.61 Å². The predicted octanol–water partition coefficient (Wildman–Crippen LogP) is 6.13. The fraction of sp³-hybridized carbons (Fsp3) is 0.292. The van der Waals surface area contributed by atoms with Gasteiger partial charge < -0.3 is 9.47 Å². The van der Waals surface area contributed by atoms with E-state index in [1.54, 1.807) is 13.8 Å². The summed E-state index contributed by atoms with van der Waals surface area (Å²) in [7, 11) is 0. The highest BCUT2D eigenvalue weighted by atomic mass is 19.4. The summed E-state index contributed by atoms with van der Waals surface area (Å²) in [6.07, 6.45) is -0.726. The van der Waals surface area contributed by atoms with Crippen molar-refractivity contribution in [3.63, 3.8) is 0 Å². The van der Waals surface area contributed by atoms with Crippen molar-refractivity contribution in [3.05, 3.63) is 88.7 Å². The van der Waals surface area contributed by atoms with Crippen LogP contribution in [0.4, 0.5) is 13.2 Å². The van der Waals surface area contributed by atoms with Crippen molar-refractivity contribution < 1.29 is 27.4 Å². The number of carbonyl (C=O) groups excluding carboxylic acids is 1. The number of esters is 1. The molecule has 0 saturated heterocycles. The Balaban J connectivity index is 2.04. The van der Waals surface area contributed by atoms with Gasteiger partial charge in [-0.2, -0.15) is 13.2 Å². The van der Waals surface area contributed by atoms with Crippen LogP contribution in [0.1, 0.15) is 43.4 Å². The second-order valence-corrected chi connectivity index (χ2v) is 7.27. The summed E-state index contributed by atoms with van der Waals surface area (Å²) < 4.78 is 50.3. The minimum absolute atomic E-state index is 0.186. The number of alkyl halides is 3. The summed E-state index contributed by atoms with van der Waals surface area (Å²) in [6, 6.07) is 14.4. The van der Waals surface area contributed by atoms with E-state index >= 15 is 0 Å². The number of allylic oxidation sites excluding steroid dienone is 1. The van der Waals surface area contributed by atoms with Crippen LogP contribution in [-0.2, 0) is 20.4 Å². The van der Waals surface area contributed by atoms with Gasteiger partial charge in [0, 0.05) is 0 Å². The van der Waals surface area contributed by atoms with E-state index in [4.69, 9.17) is 9.47 Å². The Bertz CT molecular complexity index is 959. The third-order valence-electron chi connectivity index (χ3n) is 5.09. The van der Waals surface area contributed by atoms with Crippen LogP contribution in [-0.4, -0.2) is 18.2 Å². The molecule has 1 heterocycles. The fourth-order valence-corrected chi connectivity index (χ4v) is 3.72. The van der Waals surface area contributed by atoms with Crippen molar-refractivity contribution in [2.24, 2.45) is 0 Å². The molecule has 0 fully saturated rings. The van der Waals surface area contributed by atoms with Crippen molar-refractivity contribution in [1.29, 1.82) is 0 Å². The molecule has 1 aliphatic rings. The maximum atomic E-state index is 13.0. The van der Waals surface area contributed by atoms with E-state index in [0.717, 1.165) is 17.7 Å². The van der Waals surface area contributed by atoms with Crippen LogP contribution in [0.25, 0.3) is 6.08 Å². The molecule has 3 rings (SSSR count). The Hall–Kier alpha value is -3.02. The second kappa shape index (κ2) is 8.38. The Morgan fingerprint density at radius 3 is 2.33 bits per heavy atom. The van der Waals surface area contributed by atoms with Gasteiger partial charge in [-0.15, -0.1) is 0 Å². The molecule has 30 heavy (non-hydrogen) atoms. The molecule has 2 aromatic rings. The number of hydrogen-bond donors (Lipinski definition) is 0. The minimum Gasteiger partial charge on any atom is -0.487 e. The molecule has 0 radical (unpaired) electrons. The molecule has 2 atom stereocenters. The van der Waals surface area contributed by atoms with Gasteiger partial charge in [0.25, 0.3) is 0 Å². The van der Waals surface area contributed by atoms with Crippen molar-refractivity contribution in [3.8, 4) is 0 Å². The van der Waals surface area contributed by atoms with E-state index in [-0.39, 0.29) is 6.61 Å². The number of halogens is 3. The van der Waals surface area contributed by atoms with Crippen molar-refractivity contribution in [1.82, 2.24) is 0 Å². The lowest BCUT2D eigenvalue weighted by atomic mass is 9.78. The van der Waals surface area contributed by atoms with Crippen LogP contribution < -0.4 is 0 Å². The van der Waals surface area contributed by atoms with Gasteiger partial charge in [0.1, 0.15) is 11.4 Å². The summed E-state index contributed by atoms with van der Waals surface area (Å²) in [4.78, 5) is 12.7. The third kappa shape index (κ3) is 4.42. The molecule has 2 aromatic carbocycles. The molecule has 158 valence electrons. The highest BCUT2D eigenvalue weighted by Gasteiger charge is 2.48. The quantitative estimate of drug-likeness (QED) is 0.550. The first-order chi connectivity index (χ1) is 14.2. The monoisotopic (exact) mass is 416 g/mol. The third-order valence-corrected chi connectivity index (χ3v) is 5.09. The average molecular weight is 416 g/mol. The molecule has 6 heteroatoms. The molecule has 0 saturated carbocycles. The Kier molecular flexibility index (Phi) is 6.06. The standard InChI is InChI=1S/C24H23F3O3/c1-4-29-22(28)20-16(2)30-23(3,15-14-17-8-6-5-7-9-17)21(20)18-10-12-19(13-11-18)24(25,26)27/h5-15,21H,4H2,1-3H3/b15-14+/t21-,23+/m1/s1. The second-order valence-electron chi connectivity index (χ2n) is 7.27. The zero-order valence-electron chi connectivity index (χ0n) is 17.0. The Labute approximate surface area is 173 Å². The van der Waals surface area contributed by atoms with Crippen molar-refractivity contribution in [2.45, 2.75) is 38.5 Å². The molecule has 3 nitrogen and oxygen atoms in total. The predicted molar refractivity (Wildman–Crippen MR) is 108 cm³/mol. The number of ether oxygens (including phenoxy) is 2. The van der Waals surface area contributed by atoms with E-state index in [0.29, 0.717) is 16.9 Å². The average Bonchev–Trinajstić information content (AvgIpc) is 2.97. The molecule has 0 N–H and O–H groups in total. The molecular formula is C24H23F3O3. The normalized spacial score (nSPS) is 21.7. The molecule has 0 aromatic heterocycles. The Morgan fingerprint density at radius 1 is 1.13 bits per heavy atom. The molecule has 1 aliphatic heterocycles. The van der Waals surface area contributed by atoms with E-state index < -0.39 is 29.2 Å². The lowest BCUT2D eigenvalue weighted by Gasteiger charge is -2.29. The van der Waals surface area contributed by atoms with Crippen LogP contribution in [0.15, 0.2) is 72.0 Å². The lowest BCUT2D eigenvalue weighted by Crippen LogP contribution is -2.31. The zero-order chi connectivity index (χ0) is 21.9. The first kappa shape index (κ1) is 21.7. The topological polar surface area (TPSA) is 35.5 Å². The number of hydrogen-bond acceptors (Lipinski definition) is 3. The number of benzene rings is 2. The highest BCUT2D eigenvalue weighted by Crippen LogP contribution is 2.48. The fourth-order valence-electron chi connectivity index (χ4n) is 3.72. The van der Waals surface area contributed by atoms with Gasteiger partial charge in [-0.3, -0.25) is 0 Å². The van der Waals surface area contributed by atoms with Gasteiger partial charge in [-0.25, -0.2) is 4.79 Å². The summed E-state index contributed by atoms with van der Waals surface area (Å²) in [5.41, 5.74) is 0.0858. The largest absolute Gasteiger partial charge is 0.487 e. The van der Waals surface area contributed by atoms with E-state index in [2.05, 4.69) is 0 Å². The van der Waals surface area contributed by atoms with E-state index in [1.807, 2.05) is 49.4 Å². The summed E-state index contributed by atoms with van der Waals surface area (Å²) in [5.74, 6) is -0.742. The van der Waals surface area contributed by atoms with Crippen LogP contribution in [0.2, 0.25) is 0 Å². The first-order valence-electron chi connectivity index (χ1n) is 9.64. The molecule has 0 spiro atoms. The van der Waals surface area contributed by atoms with Gasteiger partial charge in [0.2, 0.25) is 0 Å². The maximum Gasteiger partial charge on any atom is 0.416 e. The van der Waals surface area contributed by atoms with Gasteiger partial charge in [-0.05, 0) is 50.1 Å². The van der Waals surface area contributed by atoms with Gasteiger partial charge in [0.05, 0.1) is 23.7 Å². The highest BCUT2D eigenvalue weighted by molar-refractivity contribution is 5.92. The van der Waals surface area contributed by atoms with Crippen LogP contribution >= 0.6 is 0 Å². The van der Waals surface area contributed by atoms with Gasteiger partial charge in [-0.1, -0.05) is 48.5 Å². The zero-order valence-corrected chi connectivity index (χ0v) is 17.0. The smallest absolute Gasteiger partial charge is 0.416 e. The first-order valence-corrected chi connectivity index (χ1v) is 9.64. The summed E-state index contributed by atoms with van der Waals surface area (Å²) in [6.45, 7) is 5.37. The van der Waals surface area contributed by atoms with Crippen LogP contribution in [0.5, 0.6) is 0 Å². The Morgan fingerprint density at radius 2 is 1.77 bits per heavy atom. The number of carbonyl (C=O) groups is 1. The summed E-state index contributed by atoms with van der Waals surface area (Å²) in [5, 5.41) is 0. The molecule has 0 unspecified atom stereocenters. The van der Waals surface area contributed by atoms with Crippen LogP contribution in [0.3, 0.4) is 0 Å². The molecular weight excluding hydrogens is 393 g/mol. The van der Waals surface area contributed by atoms with Gasteiger partial charge >= 0.3 is 12.1 Å². The minimum atomic E-state index is -4.43. The number of rotatable bonds is 5. The van der Waals surface area contributed by atoms with E-state index in [9.17, 15) is 18.0 Å². The molecule has 0 amide bonds. The van der Waals surface area contributed by atoms with Crippen LogP contribution in [0, 0.1) is 0 Å². The summed E-state index contributed by atoms with van der Waals surface area (Å²) >= 11 is 0.